The first kappa shape index (κ1) is 17.1. The molecule has 0 aliphatic carbocycles. The molecule has 6 nitrogen and oxygen atoms in total. The van der Waals surface area contributed by atoms with E-state index >= 15 is 0 Å². The van der Waals surface area contributed by atoms with E-state index in [2.05, 4.69) is 10.3 Å². The first-order chi connectivity index (χ1) is 12.2. The zero-order valence-electron chi connectivity index (χ0n) is 14.6. The van der Waals surface area contributed by atoms with Crippen LogP contribution < -0.4 is 14.8 Å². The number of amides is 1. The smallest absolute Gasteiger partial charge is 0.272 e. The number of methoxy groups -OCH3 is 2. The van der Waals surface area contributed by atoms with E-state index in [4.69, 9.17) is 9.47 Å². The first-order valence-corrected chi connectivity index (χ1v) is 8.41. The van der Waals surface area contributed by atoms with Crippen molar-refractivity contribution in [2.45, 2.75) is 19.4 Å². The fourth-order valence-corrected chi connectivity index (χ4v) is 2.93. The van der Waals surface area contributed by atoms with Gasteiger partial charge in [-0.1, -0.05) is 6.07 Å². The van der Waals surface area contributed by atoms with E-state index in [0.717, 1.165) is 37.2 Å². The third-order valence-corrected chi connectivity index (χ3v) is 4.32. The molecule has 0 atom stereocenters. The van der Waals surface area contributed by atoms with Crippen LogP contribution in [0.3, 0.4) is 0 Å². The van der Waals surface area contributed by atoms with E-state index in [9.17, 15) is 4.79 Å². The largest absolute Gasteiger partial charge is 0.493 e. The summed E-state index contributed by atoms with van der Waals surface area (Å²) in [6.45, 7) is 2.26. The van der Waals surface area contributed by atoms with Crippen molar-refractivity contribution < 1.29 is 14.3 Å². The Hall–Kier alpha value is -2.76. The van der Waals surface area contributed by atoms with E-state index in [0.29, 0.717) is 23.7 Å². The Morgan fingerprint density at radius 1 is 1.12 bits per heavy atom. The van der Waals surface area contributed by atoms with Gasteiger partial charge in [0.2, 0.25) is 0 Å². The number of ether oxygens (including phenoxy) is 2. The molecule has 25 heavy (non-hydrogen) atoms. The van der Waals surface area contributed by atoms with Crippen molar-refractivity contribution in [3.05, 3.63) is 47.8 Å². The predicted molar refractivity (Wildman–Crippen MR) is 96.2 cm³/mol. The number of carbonyl (C=O) groups is 1. The van der Waals surface area contributed by atoms with Crippen LogP contribution in [-0.2, 0) is 6.54 Å². The SMILES string of the molecule is COc1ccc(CNc2ccnc(C(=O)N3CCCC3)c2)cc1OC. The summed E-state index contributed by atoms with van der Waals surface area (Å²) in [4.78, 5) is 18.5. The van der Waals surface area contributed by atoms with Gasteiger partial charge in [-0.15, -0.1) is 0 Å². The maximum absolute atomic E-state index is 12.4. The van der Waals surface area contributed by atoms with Crippen LogP contribution in [0, 0.1) is 0 Å². The summed E-state index contributed by atoms with van der Waals surface area (Å²) in [5.41, 5.74) is 2.41. The van der Waals surface area contributed by atoms with Crippen LogP contribution >= 0.6 is 0 Å². The Bertz CT molecular complexity index is 742. The number of benzene rings is 1. The molecule has 3 rings (SSSR count). The van der Waals surface area contributed by atoms with Crippen molar-refractivity contribution in [1.82, 2.24) is 9.88 Å². The summed E-state index contributed by atoms with van der Waals surface area (Å²) in [5.74, 6) is 1.40. The number of pyridine rings is 1. The average molecular weight is 341 g/mol. The number of anilines is 1. The second-order valence-electron chi connectivity index (χ2n) is 5.97. The van der Waals surface area contributed by atoms with Crippen LogP contribution in [-0.4, -0.2) is 43.1 Å². The van der Waals surface area contributed by atoms with E-state index in [-0.39, 0.29) is 5.91 Å². The highest BCUT2D eigenvalue weighted by molar-refractivity contribution is 5.93. The molecule has 1 aromatic heterocycles. The quantitative estimate of drug-likeness (QED) is 0.875. The van der Waals surface area contributed by atoms with Gasteiger partial charge in [0.05, 0.1) is 14.2 Å². The molecule has 2 aromatic rings. The van der Waals surface area contributed by atoms with Gasteiger partial charge in [0.15, 0.2) is 11.5 Å². The molecule has 132 valence electrons. The average Bonchev–Trinajstić information content (AvgIpc) is 3.20. The molecule has 1 aliphatic rings. The molecule has 1 amide bonds. The number of hydrogen-bond donors (Lipinski definition) is 1. The Balaban J connectivity index is 1.67. The lowest BCUT2D eigenvalue weighted by Gasteiger charge is -2.15. The minimum absolute atomic E-state index is 0.00673. The number of hydrogen-bond acceptors (Lipinski definition) is 5. The summed E-state index contributed by atoms with van der Waals surface area (Å²) in [6.07, 6.45) is 3.81. The van der Waals surface area contributed by atoms with Gasteiger partial charge in [0.1, 0.15) is 5.69 Å². The van der Waals surface area contributed by atoms with Gasteiger partial charge in [0, 0.05) is 31.5 Å². The molecule has 0 saturated carbocycles. The van der Waals surface area contributed by atoms with Crippen molar-refractivity contribution in [3.8, 4) is 11.5 Å². The van der Waals surface area contributed by atoms with Crippen molar-refractivity contribution in [1.29, 1.82) is 0 Å². The maximum atomic E-state index is 12.4. The molecule has 0 unspecified atom stereocenters. The molecule has 1 aliphatic heterocycles. The van der Waals surface area contributed by atoms with Crippen molar-refractivity contribution in [3.63, 3.8) is 0 Å². The molecule has 6 heteroatoms. The number of likely N-dealkylation sites (tertiary alicyclic amines) is 1. The van der Waals surface area contributed by atoms with Crippen molar-refractivity contribution in [2.75, 3.05) is 32.6 Å². The summed E-state index contributed by atoms with van der Waals surface area (Å²) in [7, 11) is 3.24. The molecule has 0 spiro atoms. The molecule has 0 bridgehead atoms. The van der Waals surface area contributed by atoms with Gasteiger partial charge < -0.3 is 19.7 Å². The van der Waals surface area contributed by atoms with Crippen LogP contribution in [0.25, 0.3) is 0 Å². The minimum atomic E-state index is 0.00673. The third kappa shape index (κ3) is 4.02. The van der Waals surface area contributed by atoms with Crippen LogP contribution in [0.2, 0.25) is 0 Å². The molecular weight excluding hydrogens is 318 g/mol. The topological polar surface area (TPSA) is 63.7 Å². The Labute approximate surface area is 147 Å². The zero-order valence-corrected chi connectivity index (χ0v) is 14.6. The van der Waals surface area contributed by atoms with Crippen molar-refractivity contribution in [2.24, 2.45) is 0 Å². The highest BCUT2D eigenvalue weighted by Crippen LogP contribution is 2.27. The monoisotopic (exact) mass is 341 g/mol. The second kappa shape index (κ2) is 7.88. The summed E-state index contributed by atoms with van der Waals surface area (Å²) in [6, 6.07) is 9.46. The Morgan fingerprint density at radius 3 is 2.60 bits per heavy atom. The molecule has 1 saturated heterocycles. The highest BCUT2D eigenvalue weighted by atomic mass is 16.5. The minimum Gasteiger partial charge on any atom is -0.493 e. The van der Waals surface area contributed by atoms with E-state index in [1.807, 2.05) is 29.2 Å². The van der Waals surface area contributed by atoms with Gasteiger partial charge >= 0.3 is 0 Å². The lowest BCUT2D eigenvalue weighted by Crippen LogP contribution is -2.28. The van der Waals surface area contributed by atoms with Gasteiger partial charge in [-0.2, -0.15) is 0 Å². The fraction of sp³-hybridized carbons (Fsp3) is 0.368. The summed E-state index contributed by atoms with van der Waals surface area (Å²) >= 11 is 0. The number of aromatic nitrogens is 1. The number of carbonyl (C=O) groups excluding carboxylic acids is 1. The van der Waals surface area contributed by atoms with Gasteiger partial charge in [-0.25, -0.2) is 0 Å². The molecule has 1 fully saturated rings. The van der Waals surface area contributed by atoms with Gasteiger partial charge in [-0.05, 0) is 42.7 Å². The number of rotatable bonds is 6. The van der Waals surface area contributed by atoms with E-state index in [1.54, 1.807) is 26.5 Å². The van der Waals surface area contributed by atoms with E-state index < -0.39 is 0 Å². The number of nitrogens with one attached hydrogen (secondary N) is 1. The lowest BCUT2D eigenvalue weighted by atomic mass is 10.2. The predicted octanol–water partition coefficient (Wildman–Crippen LogP) is 2.95. The van der Waals surface area contributed by atoms with Crippen molar-refractivity contribution >= 4 is 11.6 Å². The van der Waals surface area contributed by atoms with Crippen LogP contribution in [0.1, 0.15) is 28.9 Å². The highest BCUT2D eigenvalue weighted by Gasteiger charge is 2.20. The number of nitrogens with zero attached hydrogens (tertiary/aromatic N) is 2. The third-order valence-electron chi connectivity index (χ3n) is 4.32. The Morgan fingerprint density at radius 2 is 1.88 bits per heavy atom. The molecule has 1 N–H and O–H groups in total. The normalized spacial score (nSPS) is 13.6. The Kier molecular flexibility index (Phi) is 5.38. The first-order valence-electron chi connectivity index (χ1n) is 8.41. The van der Waals surface area contributed by atoms with Crippen LogP contribution in [0.4, 0.5) is 5.69 Å². The second-order valence-corrected chi connectivity index (χ2v) is 5.97. The summed E-state index contributed by atoms with van der Waals surface area (Å²) < 4.78 is 10.6. The standard InChI is InChI=1S/C19H23N3O3/c1-24-17-6-5-14(11-18(17)25-2)13-21-15-7-8-20-16(12-15)19(23)22-9-3-4-10-22/h5-8,11-12H,3-4,9-10,13H2,1-2H3,(H,20,21). The fourth-order valence-electron chi connectivity index (χ4n) is 2.93. The lowest BCUT2D eigenvalue weighted by molar-refractivity contribution is 0.0787. The molecular formula is C19H23N3O3. The van der Waals surface area contributed by atoms with Gasteiger partial charge in [-0.3, -0.25) is 9.78 Å². The maximum Gasteiger partial charge on any atom is 0.272 e. The summed E-state index contributed by atoms with van der Waals surface area (Å²) in [5, 5.41) is 3.33. The molecule has 1 aromatic carbocycles. The zero-order chi connectivity index (χ0) is 17.6. The van der Waals surface area contributed by atoms with Gasteiger partial charge in [0.25, 0.3) is 5.91 Å². The van der Waals surface area contributed by atoms with Crippen LogP contribution in [0.15, 0.2) is 36.5 Å². The molecule has 0 radical (unpaired) electrons. The van der Waals surface area contributed by atoms with E-state index in [1.165, 1.54) is 0 Å². The van der Waals surface area contributed by atoms with Crippen LogP contribution in [0.5, 0.6) is 11.5 Å². The molecule has 2 heterocycles.